The first-order valence-electron chi connectivity index (χ1n) is 7.35. The van der Waals surface area contributed by atoms with E-state index in [0.717, 1.165) is 12.8 Å². The van der Waals surface area contributed by atoms with Crippen LogP contribution in [-0.4, -0.2) is 43.8 Å². The van der Waals surface area contributed by atoms with Crippen LogP contribution in [0.1, 0.15) is 25.3 Å². The van der Waals surface area contributed by atoms with Crippen LogP contribution in [0.3, 0.4) is 0 Å². The molecule has 0 spiro atoms. The quantitative estimate of drug-likeness (QED) is 0.654. The summed E-state index contributed by atoms with van der Waals surface area (Å²) in [5.41, 5.74) is 0.419. The van der Waals surface area contributed by atoms with Crippen LogP contribution in [-0.2, 0) is 16.4 Å². The fourth-order valence-corrected chi connectivity index (χ4v) is 4.50. The number of nitro benzene ring substituents is 1. The molecule has 0 aromatic heterocycles. The van der Waals surface area contributed by atoms with Gasteiger partial charge in [0.05, 0.1) is 9.82 Å². The maximum absolute atomic E-state index is 12.8. The Hall–Kier alpha value is -1.51. The predicted molar refractivity (Wildman–Crippen MR) is 83.3 cm³/mol. The van der Waals surface area contributed by atoms with Crippen LogP contribution < -0.4 is 5.32 Å². The van der Waals surface area contributed by atoms with Crippen molar-refractivity contribution in [3.05, 3.63) is 33.9 Å². The molecule has 1 saturated heterocycles. The van der Waals surface area contributed by atoms with Gasteiger partial charge in [0.2, 0.25) is 10.0 Å². The minimum absolute atomic E-state index is 0.0621. The van der Waals surface area contributed by atoms with E-state index < -0.39 is 14.9 Å². The summed E-state index contributed by atoms with van der Waals surface area (Å²) in [6.07, 6.45) is 2.00. The van der Waals surface area contributed by atoms with Gasteiger partial charge >= 0.3 is 0 Å². The van der Waals surface area contributed by atoms with Gasteiger partial charge in [0.25, 0.3) is 5.69 Å². The van der Waals surface area contributed by atoms with Gasteiger partial charge in [-0.2, -0.15) is 4.31 Å². The molecule has 0 unspecified atom stereocenters. The lowest BCUT2D eigenvalue weighted by molar-refractivity contribution is -0.385. The second-order valence-electron chi connectivity index (χ2n) is 5.37. The molecule has 7 nitrogen and oxygen atoms in total. The molecule has 1 N–H and O–H groups in total. The Bertz CT molecular complexity index is 652. The average Bonchev–Trinajstić information content (AvgIpc) is 2.54. The van der Waals surface area contributed by atoms with E-state index in [1.54, 1.807) is 0 Å². The monoisotopic (exact) mass is 327 g/mol. The van der Waals surface area contributed by atoms with Crippen LogP contribution in [0.25, 0.3) is 0 Å². The molecule has 0 bridgehead atoms. The Kier molecular flexibility index (Phi) is 5.15. The molecule has 1 heterocycles. The van der Waals surface area contributed by atoms with Crippen molar-refractivity contribution in [3.63, 3.8) is 0 Å². The molecule has 0 radical (unpaired) electrons. The third-order valence-corrected chi connectivity index (χ3v) is 6.10. The summed E-state index contributed by atoms with van der Waals surface area (Å²) in [7, 11) is -1.83. The van der Waals surface area contributed by atoms with Gasteiger partial charge < -0.3 is 5.32 Å². The van der Waals surface area contributed by atoms with E-state index in [1.165, 1.54) is 22.5 Å². The average molecular weight is 327 g/mol. The third kappa shape index (κ3) is 3.29. The Morgan fingerprint density at radius 2 is 2.00 bits per heavy atom. The van der Waals surface area contributed by atoms with Crippen LogP contribution >= 0.6 is 0 Å². The minimum Gasteiger partial charge on any atom is -0.317 e. The lowest BCUT2D eigenvalue weighted by Crippen LogP contribution is -2.44. The van der Waals surface area contributed by atoms with Crippen molar-refractivity contribution in [2.75, 3.05) is 20.1 Å². The van der Waals surface area contributed by atoms with E-state index in [1.807, 2.05) is 14.0 Å². The molecular weight excluding hydrogens is 306 g/mol. The predicted octanol–water partition coefficient (Wildman–Crippen LogP) is 1.53. The highest BCUT2D eigenvalue weighted by Crippen LogP contribution is 2.27. The maximum Gasteiger partial charge on any atom is 0.270 e. The van der Waals surface area contributed by atoms with Crippen molar-refractivity contribution in [1.29, 1.82) is 0 Å². The van der Waals surface area contributed by atoms with Crippen molar-refractivity contribution in [3.8, 4) is 0 Å². The highest BCUT2D eigenvalue weighted by Gasteiger charge is 2.31. The normalized spacial score (nSPS) is 17.5. The molecule has 0 atom stereocenters. The third-order valence-electron chi connectivity index (χ3n) is 4.12. The van der Waals surface area contributed by atoms with Crippen molar-refractivity contribution in [2.24, 2.45) is 0 Å². The van der Waals surface area contributed by atoms with Crippen LogP contribution in [0.4, 0.5) is 5.69 Å². The first-order valence-corrected chi connectivity index (χ1v) is 8.79. The van der Waals surface area contributed by atoms with Crippen molar-refractivity contribution < 1.29 is 13.3 Å². The van der Waals surface area contributed by atoms with E-state index in [-0.39, 0.29) is 10.6 Å². The zero-order valence-corrected chi connectivity index (χ0v) is 13.6. The summed E-state index contributed by atoms with van der Waals surface area (Å²) < 4.78 is 27.1. The minimum atomic E-state index is -3.69. The maximum atomic E-state index is 12.8. The van der Waals surface area contributed by atoms with Crippen LogP contribution in [0.15, 0.2) is 23.1 Å². The summed E-state index contributed by atoms with van der Waals surface area (Å²) in [6.45, 7) is 2.70. The van der Waals surface area contributed by atoms with Crippen molar-refractivity contribution in [2.45, 2.75) is 37.1 Å². The highest BCUT2D eigenvalue weighted by atomic mass is 32.2. The van der Waals surface area contributed by atoms with Gasteiger partial charge in [-0.25, -0.2) is 8.42 Å². The molecule has 1 aromatic rings. The number of hydrogen-bond donors (Lipinski definition) is 1. The van der Waals surface area contributed by atoms with Crippen LogP contribution in [0.2, 0.25) is 0 Å². The number of nitrogens with one attached hydrogen (secondary N) is 1. The summed E-state index contributed by atoms with van der Waals surface area (Å²) in [5.74, 6) is 0. The second-order valence-corrected chi connectivity index (χ2v) is 7.28. The van der Waals surface area contributed by atoms with Crippen LogP contribution in [0.5, 0.6) is 0 Å². The van der Waals surface area contributed by atoms with Gasteiger partial charge in [0.15, 0.2) is 0 Å². The highest BCUT2D eigenvalue weighted by molar-refractivity contribution is 7.89. The zero-order valence-electron chi connectivity index (χ0n) is 12.8. The lowest BCUT2D eigenvalue weighted by atomic mass is 10.1. The number of aryl methyl sites for hydroxylation is 1. The molecular formula is C14H21N3O4S. The summed E-state index contributed by atoms with van der Waals surface area (Å²) in [6, 6.07) is 4.39. The number of hydrogen-bond acceptors (Lipinski definition) is 5. The number of rotatable bonds is 5. The van der Waals surface area contributed by atoms with E-state index in [2.05, 4.69) is 5.32 Å². The molecule has 0 amide bonds. The van der Waals surface area contributed by atoms with E-state index in [9.17, 15) is 18.5 Å². The zero-order chi connectivity index (χ0) is 16.3. The Morgan fingerprint density at radius 1 is 1.36 bits per heavy atom. The van der Waals surface area contributed by atoms with Crippen molar-refractivity contribution >= 4 is 15.7 Å². The Morgan fingerprint density at radius 3 is 2.50 bits per heavy atom. The topological polar surface area (TPSA) is 92.5 Å². The molecule has 2 rings (SSSR count). The van der Waals surface area contributed by atoms with Gasteiger partial charge in [-0.1, -0.05) is 13.0 Å². The molecule has 1 aromatic carbocycles. The van der Waals surface area contributed by atoms with Gasteiger partial charge in [0.1, 0.15) is 0 Å². The number of benzene rings is 1. The van der Waals surface area contributed by atoms with Gasteiger partial charge in [-0.3, -0.25) is 10.1 Å². The van der Waals surface area contributed by atoms with E-state index in [4.69, 9.17) is 0 Å². The number of non-ortho nitro benzene ring substituents is 1. The van der Waals surface area contributed by atoms with E-state index in [0.29, 0.717) is 31.1 Å². The molecule has 0 saturated carbocycles. The molecule has 1 fully saturated rings. The van der Waals surface area contributed by atoms with Crippen LogP contribution in [0, 0.1) is 10.1 Å². The molecule has 22 heavy (non-hydrogen) atoms. The van der Waals surface area contributed by atoms with Gasteiger partial charge in [-0.05, 0) is 31.9 Å². The molecule has 122 valence electrons. The standard InChI is InChI=1S/C14H21N3O4S/c1-3-11-4-5-13(17(18)19)10-14(11)22(20,21)16-8-6-12(15-2)7-9-16/h4-5,10,12,15H,3,6-9H2,1-2H3. The molecule has 1 aliphatic rings. The van der Waals surface area contributed by atoms with Gasteiger partial charge in [0, 0.05) is 31.3 Å². The smallest absolute Gasteiger partial charge is 0.270 e. The van der Waals surface area contributed by atoms with Crippen molar-refractivity contribution in [1.82, 2.24) is 9.62 Å². The SMILES string of the molecule is CCc1ccc([N+](=O)[O-])cc1S(=O)(=O)N1CCC(NC)CC1. The molecule has 8 heteroatoms. The Balaban J connectivity index is 2.36. The first kappa shape index (κ1) is 16.9. The first-order chi connectivity index (χ1) is 10.4. The summed E-state index contributed by atoms with van der Waals surface area (Å²) >= 11 is 0. The lowest BCUT2D eigenvalue weighted by Gasteiger charge is -2.31. The molecule has 1 aliphatic heterocycles. The van der Waals surface area contributed by atoms with Gasteiger partial charge in [-0.15, -0.1) is 0 Å². The Labute approximate surface area is 130 Å². The fraction of sp³-hybridized carbons (Fsp3) is 0.571. The number of nitrogens with zero attached hydrogens (tertiary/aromatic N) is 2. The largest absolute Gasteiger partial charge is 0.317 e. The number of sulfonamides is 1. The summed E-state index contributed by atoms with van der Waals surface area (Å²) in [4.78, 5) is 10.4. The number of nitro groups is 1. The molecule has 0 aliphatic carbocycles. The number of piperidine rings is 1. The van der Waals surface area contributed by atoms with E-state index >= 15 is 0 Å². The fourth-order valence-electron chi connectivity index (χ4n) is 2.71. The summed E-state index contributed by atoms with van der Waals surface area (Å²) in [5, 5.41) is 14.1. The second kappa shape index (κ2) is 6.72.